The zero-order valence-electron chi connectivity index (χ0n) is 20.5. The molecule has 160 valence electrons. The summed E-state index contributed by atoms with van der Waals surface area (Å²) in [7, 11) is 2.18. The van der Waals surface area contributed by atoms with Crippen LogP contribution in [0.3, 0.4) is 0 Å². The van der Waals surface area contributed by atoms with Crippen LogP contribution >= 0.6 is 0 Å². The van der Waals surface area contributed by atoms with E-state index >= 15 is 0 Å². The molecule has 32 heavy (non-hydrogen) atoms. The normalized spacial score (nSPS) is 14.6. The molecule has 0 spiro atoms. The molecule has 1 aliphatic rings. The van der Waals surface area contributed by atoms with Crippen LogP contribution in [0.15, 0.2) is 95.5 Å². The SMILES string of the molecule is B/C(C)=C/C1=C(C)B(C)c2cc(C(C)(C)C)ccc2N1c1ccccc1-c1ccccc1. The van der Waals surface area contributed by atoms with Gasteiger partial charge in [-0.1, -0.05) is 106 Å². The van der Waals surface area contributed by atoms with E-state index < -0.39 is 0 Å². The fourth-order valence-electron chi connectivity index (χ4n) is 4.57. The van der Waals surface area contributed by atoms with Gasteiger partial charge < -0.3 is 4.90 Å². The third-order valence-corrected chi connectivity index (χ3v) is 6.55. The standard InChI is InChI=1S/C29H33B2N/c1-20(30)18-28-21(2)31(6)25-19-23(29(3,4)5)16-17-27(25)32(28)26-15-11-10-14-24(26)22-12-8-7-9-13-22/h7-19H,30H2,1-6H3/b20-18+. The first-order valence-electron chi connectivity index (χ1n) is 11.6. The third-order valence-electron chi connectivity index (χ3n) is 6.55. The lowest BCUT2D eigenvalue weighted by molar-refractivity contribution is 0.591. The number of rotatable bonds is 3. The summed E-state index contributed by atoms with van der Waals surface area (Å²) in [4.78, 5) is 2.48. The lowest BCUT2D eigenvalue weighted by atomic mass is 9.40. The smallest absolute Gasteiger partial charge is 0.206 e. The van der Waals surface area contributed by atoms with Crippen LogP contribution in [0.1, 0.15) is 40.2 Å². The molecule has 1 nitrogen and oxygen atoms in total. The maximum Gasteiger partial charge on any atom is 0.206 e. The number of allylic oxidation sites excluding steroid dienone is 3. The molecule has 3 heteroatoms. The Morgan fingerprint density at radius 2 is 1.56 bits per heavy atom. The Hall–Kier alpha value is -2.93. The molecule has 0 fully saturated rings. The maximum absolute atomic E-state index is 2.48. The van der Waals surface area contributed by atoms with Crippen LogP contribution in [0, 0.1) is 0 Å². The van der Waals surface area contributed by atoms with E-state index in [0.29, 0.717) is 6.71 Å². The van der Waals surface area contributed by atoms with Gasteiger partial charge in [0, 0.05) is 16.9 Å². The molecule has 3 aromatic rings. The number of nitrogens with zero attached hydrogens (tertiary/aromatic N) is 1. The minimum Gasteiger partial charge on any atom is -0.311 e. The summed E-state index contributed by atoms with van der Waals surface area (Å²) >= 11 is 0. The zero-order chi connectivity index (χ0) is 23.0. The summed E-state index contributed by atoms with van der Waals surface area (Å²) in [5.74, 6) is 0. The first-order chi connectivity index (χ1) is 15.2. The van der Waals surface area contributed by atoms with Crippen LogP contribution in [0.25, 0.3) is 11.1 Å². The molecule has 1 aliphatic heterocycles. The molecule has 1 heterocycles. The summed E-state index contributed by atoms with van der Waals surface area (Å²) in [6.07, 6.45) is 2.34. The predicted octanol–water partition coefficient (Wildman–Crippen LogP) is 6.48. The van der Waals surface area contributed by atoms with Gasteiger partial charge in [-0.3, -0.25) is 0 Å². The summed E-state index contributed by atoms with van der Waals surface area (Å²) in [6.45, 7) is 14.1. The molecule has 0 aliphatic carbocycles. The summed E-state index contributed by atoms with van der Waals surface area (Å²) in [5.41, 5.74) is 11.9. The van der Waals surface area contributed by atoms with E-state index in [1.54, 1.807) is 0 Å². The van der Waals surface area contributed by atoms with Crippen LogP contribution in [0.2, 0.25) is 6.82 Å². The Kier molecular flexibility index (Phi) is 5.95. The summed E-state index contributed by atoms with van der Waals surface area (Å²) in [6, 6.07) is 26.6. The zero-order valence-corrected chi connectivity index (χ0v) is 20.5. The van der Waals surface area contributed by atoms with Crippen molar-refractivity contribution in [2.45, 2.75) is 46.9 Å². The molecule has 0 unspecified atom stereocenters. The van der Waals surface area contributed by atoms with E-state index in [-0.39, 0.29) is 5.41 Å². The molecule has 0 saturated heterocycles. The highest BCUT2D eigenvalue weighted by atomic mass is 15.2. The quantitative estimate of drug-likeness (QED) is 0.441. The van der Waals surface area contributed by atoms with Crippen LogP contribution in [0.5, 0.6) is 0 Å². The molecule has 0 radical (unpaired) electrons. The Balaban J connectivity index is 2.01. The van der Waals surface area contributed by atoms with Gasteiger partial charge in [0.05, 0.1) is 5.69 Å². The highest BCUT2D eigenvalue weighted by molar-refractivity contribution is 6.80. The van der Waals surface area contributed by atoms with E-state index in [0.717, 1.165) is 0 Å². The Morgan fingerprint density at radius 1 is 0.906 bits per heavy atom. The number of hydrogen-bond acceptors (Lipinski definition) is 1. The number of benzene rings is 3. The van der Waals surface area contributed by atoms with Crippen molar-refractivity contribution < 1.29 is 0 Å². The van der Waals surface area contributed by atoms with Gasteiger partial charge in [0.15, 0.2) is 0 Å². The van der Waals surface area contributed by atoms with Crippen LogP contribution in [0.4, 0.5) is 11.4 Å². The highest BCUT2D eigenvalue weighted by Crippen LogP contribution is 2.41. The third kappa shape index (κ3) is 4.09. The fraction of sp³-hybridized carbons (Fsp3) is 0.241. The van der Waals surface area contributed by atoms with Gasteiger partial charge in [-0.25, -0.2) is 0 Å². The molecular formula is C29H33B2N. The second kappa shape index (κ2) is 8.54. The van der Waals surface area contributed by atoms with Crippen molar-refractivity contribution in [2.24, 2.45) is 0 Å². The van der Waals surface area contributed by atoms with E-state index in [1.165, 1.54) is 50.2 Å². The van der Waals surface area contributed by atoms with Crippen molar-refractivity contribution in [3.63, 3.8) is 0 Å². The van der Waals surface area contributed by atoms with Crippen molar-refractivity contribution in [1.82, 2.24) is 0 Å². The van der Waals surface area contributed by atoms with Crippen LogP contribution in [-0.4, -0.2) is 14.6 Å². The second-order valence-corrected chi connectivity index (χ2v) is 10.3. The topological polar surface area (TPSA) is 3.24 Å². The molecule has 0 atom stereocenters. The monoisotopic (exact) mass is 417 g/mol. The molecule has 0 bridgehead atoms. The predicted molar refractivity (Wildman–Crippen MR) is 145 cm³/mol. The first kappa shape index (κ1) is 22.3. The summed E-state index contributed by atoms with van der Waals surface area (Å²) < 4.78 is 0. The Bertz CT molecular complexity index is 1200. The average molecular weight is 417 g/mol. The number of hydrogen-bond donors (Lipinski definition) is 0. The largest absolute Gasteiger partial charge is 0.311 e. The average Bonchev–Trinajstić information content (AvgIpc) is 2.77. The molecule has 0 N–H and O–H groups in total. The van der Waals surface area contributed by atoms with Gasteiger partial charge in [0.25, 0.3) is 0 Å². The number of fused-ring (bicyclic) bond motifs is 1. The van der Waals surface area contributed by atoms with Crippen molar-refractivity contribution in [2.75, 3.05) is 4.90 Å². The maximum atomic E-state index is 2.48. The Labute approximate surface area is 195 Å². The number of anilines is 2. The van der Waals surface area contributed by atoms with Crippen molar-refractivity contribution in [1.29, 1.82) is 0 Å². The molecule has 3 aromatic carbocycles. The minimum absolute atomic E-state index is 0.124. The first-order valence-corrected chi connectivity index (χ1v) is 11.6. The fourth-order valence-corrected chi connectivity index (χ4v) is 4.57. The van der Waals surface area contributed by atoms with Gasteiger partial charge in [-0.05, 0) is 41.7 Å². The van der Waals surface area contributed by atoms with E-state index in [1.807, 2.05) is 0 Å². The van der Waals surface area contributed by atoms with Crippen molar-refractivity contribution >= 4 is 31.4 Å². The van der Waals surface area contributed by atoms with Crippen molar-refractivity contribution in [3.05, 3.63) is 101 Å². The van der Waals surface area contributed by atoms with Gasteiger partial charge in [0.2, 0.25) is 6.71 Å². The van der Waals surface area contributed by atoms with Gasteiger partial charge in [-0.15, -0.1) is 5.47 Å². The molecule has 0 saturated carbocycles. The molecule has 0 amide bonds. The second-order valence-electron chi connectivity index (χ2n) is 10.3. The minimum atomic E-state index is 0.124. The van der Waals surface area contributed by atoms with Crippen molar-refractivity contribution in [3.8, 4) is 11.1 Å². The molecule has 0 aromatic heterocycles. The van der Waals surface area contributed by atoms with E-state index in [2.05, 4.69) is 133 Å². The molecular weight excluding hydrogens is 384 g/mol. The van der Waals surface area contributed by atoms with Crippen LogP contribution in [-0.2, 0) is 5.41 Å². The lowest BCUT2D eigenvalue weighted by Crippen LogP contribution is -2.41. The van der Waals surface area contributed by atoms with Gasteiger partial charge in [0.1, 0.15) is 7.85 Å². The van der Waals surface area contributed by atoms with Gasteiger partial charge >= 0.3 is 0 Å². The van der Waals surface area contributed by atoms with E-state index in [4.69, 9.17) is 0 Å². The van der Waals surface area contributed by atoms with E-state index in [9.17, 15) is 0 Å². The lowest BCUT2D eigenvalue weighted by Gasteiger charge is -2.38. The number of para-hydroxylation sites is 1. The Morgan fingerprint density at radius 3 is 2.22 bits per heavy atom. The van der Waals surface area contributed by atoms with Crippen LogP contribution < -0.4 is 10.4 Å². The molecule has 4 rings (SSSR count). The highest BCUT2D eigenvalue weighted by Gasteiger charge is 2.32. The van der Waals surface area contributed by atoms with Gasteiger partial charge in [-0.2, -0.15) is 0 Å². The summed E-state index contributed by atoms with van der Waals surface area (Å²) in [5, 5.41) is 0.